The fourth-order valence-corrected chi connectivity index (χ4v) is 3.09. The number of rotatable bonds is 4. The van der Waals surface area contributed by atoms with E-state index >= 15 is 0 Å². The molecule has 1 aromatic heterocycles. The van der Waals surface area contributed by atoms with E-state index in [1.54, 1.807) is 9.36 Å². The Morgan fingerprint density at radius 3 is 2.58 bits per heavy atom. The van der Waals surface area contributed by atoms with Crippen molar-refractivity contribution < 1.29 is 0 Å². The van der Waals surface area contributed by atoms with Crippen molar-refractivity contribution in [2.24, 2.45) is 7.05 Å². The van der Waals surface area contributed by atoms with Crippen LogP contribution in [0.1, 0.15) is 11.3 Å². The molecule has 0 atom stereocenters. The predicted molar refractivity (Wildman–Crippen MR) is 110 cm³/mol. The van der Waals surface area contributed by atoms with E-state index in [2.05, 4.69) is 10.6 Å². The highest BCUT2D eigenvalue weighted by Gasteiger charge is 2.16. The first-order chi connectivity index (χ1) is 12.5. The van der Waals surface area contributed by atoms with E-state index in [1.807, 2.05) is 68.6 Å². The highest BCUT2D eigenvalue weighted by Crippen LogP contribution is 2.14. The molecule has 3 rings (SSSR count). The maximum absolute atomic E-state index is 12.8. The van der Waals surface area contributed by atoms with E-state index in [-0.39, 0.29) is 5.56 Å². The molecule has 0 aliphatic carbocycles. The summed E-state index contributed by atoms with van der Waals surface area (Å²) in [6.07, 6.45) is 0. The molecule has 2 aromatic carbocycles. The van der Waals surface area contributed by atoms with Crippen LogP contribution in [0.3, 0.4) is 0 Å². The quantitative estimate of drug-likeness (QED) is 0.672. The molecule has 0 aliphatic rings. The molecule has 0 aliphatic heterocycles. The first-order valence-electron chi connectivity index (χ1n) is 8.10. The fraction of sp³-hybridized carbons (Fsp3) is 0.158. The predicted octanol–water partition coefficient (Wildman–Crippen LogP) is 3.62. The lowest BCUT2D eigenvalue weighted by Crippen LogP contribution is -2.30. The standard InChI is InChI=1S/C19H19ClN4OS/c1-13-17(18(25)24(23(13)2)16-9-4-3-5-10-16)22-19(26)21-12-14-7-6-8-15(20)11-14/h3-11H,12H2,1-2H3,(H2,21,22,26). The third kappa shape index (κ3) is 3.81. The number of halogens is 1. The summed E-state index contributed by atoms with van der Waals surface area (Å²) >= 11 is 11.3. The smallest absolute Gasteiger partial charge is 0.295 e. The van der Waals surface area contributed by atoms with Crippen molar-refractivity contribution in [3.63, 3.8) is 0 Å². The van der Waals surface area contributed by atoms with Crippen LogP contribution in [0.15, 0.2) is 59.4 Å². The first kappa shape index (κ1) is 18.2. The SMILES string of the molecule is Cc1c(NC(=S)NCc2cccc(Cl)c2)c(=O)n(-c2ccccc2)n1C. The topological polar surface area (TPSA) is 51.0 Å². The summed E-state index contributed by atoms with van der Waals surface area (Å²) in [4.78, 5) is 12.8. The van der Waals surface area contributed by atoms with Crippen LogP contribution >= 0.6 is 23.8 Å². The molecule has 26 heavy (non-hydrogen) atoms. The lowest BCUT2D eigenvalue weighted by molar-refractivity contribution is 0.630. The van der Waals surface area contributed by atoms with Crippen LogP contribution in [-0.4, -0.2) is 14.5 Å². The molecule has 3 aromatic rings. The van der Waals surface area contributed by atoms with Crippen LogP contribution in [0.4, 0.5) is 5.69 Å². The van der Waals surface area contributed by atoms with Crippen LogP contribution in [0.25, 0.3) is 5.69 Å². The number of aromatic nitrogens is 2. The number of para-hydroxylation sites is 1. The molecule has 0 spiro atoms. The van der Waals surface area contributed by atoms with E-state index in [9.17, 15) is 4.79 Å². The van der Waals surface area contributed by atoms with Crippen molar-refractivity contribution in [2.45, 2.75) is 13.5 Å². The maximum atomic E-state index is 12.8. The van der Waals surface area contributed by atoms with Gasteiger partial charge in [-0.15, -0.1) is 0 Å². The van der Waals surface area contributed by atoms with Gasteiger partial charge in [0.05, 0.1) is 11.4 Å². The van der Waals surface area contributed by atoms with Gasteiger partial charge in [-0.25, -0.2) is 4.68 Å². The molecular formula is C19H19ClN4OS. The molecule has 0 saturated heterocycles. The summed E-state index contributed by atoms with van der Waals surface area (Å²) in [5, 5.41) is 7.19. The summed E-state index contributed by atoms with van der Waals surface area (Å²) in [5.41, 5.74) is 2.91. The molecule has 0 amide bonds. The summed E-state index contributed by atoms with van der Waals surface area (Å²) in [6.45, 7) is 2.40. The zero-order valence-electron chi connectivity index (χ0n) is 14.5. The third-order valence-corrected chi connectivity index (χ3v) is 4.62. The Labute approximate surface area is 162 Å². The minimum Gasteiger partial charge on any atom is -0.358 e. The summed E-state index contributed by atoms with van der Waals surface area (Å²) < 4.78 is 3.41. The Bertz CT molecular complexity index is 995. The van der Waals surface area contributed by atoms with E-state index in [0.717, 1.165) is 16.9 Å². The van der Waals surface area contributed by atoms with Crippen LogP contribution in [0, 0.1) is 6.92 Å². The minimum absolute atomic E-state index is 0.150. The Balaban J connectivity index is 1.78. The van der Waals surface area contributed by atoms with Crippen molar-refractivity contribution in [2.75, 3.05) is 5.32 Å². The molecule has 7 heteroatoms. The second kappa shape index (κ2) is 7.76. The highest BCUT2D eigenvalue weighted by atomic mass is 35.5. The van der Waals surface area contributed by atoms with Crippen LogP contribution < -0.4 is 16.2 Å². The van der Waals surface area contributed by atoms with Gasteiger partial charge in [0.25, 0.3) is 5.56 Å². The van der Waals surface area contributed by atoms with Crippen LogP contribution in [-0.2, 0) is 13.6 Å². The van der Waals surface area contributed by atoms with Gasteiger partial charge in [0.1, 0.15) is 5.69 Å². The van der Waals surface area contributed by atoms with Crippen LogP contribution in [0.5, 0.6) is 0 Å². The van der Waals surface area contributed by atoms with Gasteiger partial charge in [-0.3, -0.25) is 9.48 Å². The fourth-order valence-electron chi connectivity index (χ4n) is 2.70. The van der Waals surface area contributed by atoms with Crippen molar-refractivity contribution >= 4 is 34.6 Å². The monoisotopic (exact) mass is 386 g/mol. The van der Waals surface area contributed by atoms with E-state index in [0.29, 0.717) is 22.4 Å². The Kier molecular flexibility index (Phi) is 5.44. The normalized spacial score (nSPS) is 10.6. The third-order valence-electron chi connectivity index (χ3n) is 4.13. The van der Waals surface area contributed by atoms with Gasteiger partial charge in [0, 0.05) is 18.6 Å². The number of thiocarbonyl (C=S) groups is 1. The number of nitrogens with zero attached hydrogens (tertiary/aromatic N) is 2. The number of nitrogens with one attached hydrogen (secondary N) is 2. The summed E-state index contributed by atoms with van der Waals surface area (Å²) in [5.74, 6) is 0. The molecule has 0 saturated carbocycles. The number of hydrogen-bond acceptors (Lipinski definition) is 2. The van der Waals surface area contributed by atoms with Gasteiger partial charge in [-0.05, 0) is 49.0 Å². The second-order valence-electron chi connectivity index (χ2n) is 5.87. The van der Waals surface area contributed by atoms with Gasteiger partial charge in [0.15, 0.2) is 5.11 Å². The van der Waals surface area contributed by atoms with Crippen LogP contribution in [0.2, 0.25) is 5.02 Å². The minimum atomic E-state index is -0.150. The first-order valence-corrected chi connectivity index (χ1v) is 8.89. The second-order valence-corrected chi connectivity index (χ2v) is 6.72. The Morgan fingerprint density at radius 2 is 1.88 bits per heavy atom. The number of anilines is 1. The average Bonchev–Trinajstić information content (AvgIpc) is 2.84. The lowest BCUT2D eigenvalue weighted by Gasteiger charge is -2.10. The molecule has 0 bridgehead atoms. The van der Waals surface area contributed by atoms with Crippen molar-refractivity contribution in [1.82, 2.24) is 14.7 Å². The zero-order valence-corrected chi connectivity index (χ0v) is 16.1. The van der Waals surface area contributed by atoms with Crippen molar-refractivity contribution in [3.05, 3.63) is 81.2 Å². The molecular weight excluding hydrogens is 368 g/mol. The van der Waals surface area contributed by atoms with Gasteiger partial charge in [-0.1, -0.05) is 41.9 Å². The van der Waals surface area contributed by atoms with Gasteiger partial charge >= 0.3 is 0 Å². The maximum Gasteiger partial charge on any atom is 0.295 e. The van der Waals surface area contributed by atoms with Gasteiger partial charge < -0.3 is 10.6 Å². The molecule has 0 fully saturated rings. The summed E-state index contributed by atoms with van der Waals surface area (Å²) in [6, 6.07) is 17.0. The molecule has 1 heterocycles. The van der Waals surface area contributed by atoms with Crippen molar-refractivity contribution in [1.29, 1.82) is 0 Å². The summed E-state index contributed by atoms with van der Waals surface area (Å²) in [7, 11) is 1.84. The Morgan fingerprint density at radius 1 is 1.15 bits per heavy atom. The largest absolute Gasteiger partial charge is 0.358 e. The molecule has 134 valence electrons. The lowest BCUT2D eigenvalue weighted by atomic mass is 10.2. The molecule has 2 N–H and O–H groups in total. The average molecular weight is 387 g/mol. The zero-order chi connectivity index (χ0) is 18.7. The van der Waals surface area contributed by atoms with Crippen molar-refractivity contribution in [3.8, 4) is 5.69 Å². The molecule has 0 radical (unpaired) electrons. The molecule has 0 unspecified atom stereocenters. The number of hydrogen-bond donors (Lipinski definition) is 2. The number of benzene rings is 2. The highest BCUT2D eigenvalue weighted by molar-refractivity contribution is 7.80. The Hall–Kier alpha value is -2.57. The van der Waals surface area contributed by atoms with Gasteiger partial charge in [-0.2, -0.15) is 0 Å². The van der Waals surface area contributed by atoms with E-state index in [1.165, 1.54) is 0 Å². The van der Waals surface area contributed by atoms with E-state index in [4.69, 9.17) is 23.8 Å². The molecule has 5 nitrogen and oxygen atoms in total. The van der Waals surface area contributed by atoms with Gasteiger partial charge in [0.2, 0.25) is 0 Å². The van der Waals surface area contributed by atoms with E-state index < -0.39 is 0 Å².